The molecular weight excluding hydrogens is 382 g/mol. The second-order valence-corrected chi connectivity index (χ2v) is 8.02. The first-order valence-corrected chi connectivity index (χ1v) is 10.4. The molecule has 0 aliphatic heterocycles. The van der Waals surface area contributed by atoms with Gasteiger partial charge >= 0.3 is 0 Å². The monoisotopic (exact) mass is 409 g/mol. The van der Waals surface area contributed by atoms with Crippen LogP contribution in [0, 0.1) is 0 Å². The van der Waals surface area contributed by atoms with Crippen LogP contribution in [0.4, 0.5) is 17.1 Å². The number of anilines is 3. The van der Waals surface area contributed by atoms with E-state index < -0.39 is 5.60 Å². The molecule has 0 saturated carbocycles. The molecule has 3 nitrogen and oxygen atoms in total. The van der Waals surface area contributed by atoms with Gasteiger partial charge in [0.1, 0.15) is 5.75 Å². The molecule has 0 heterocycles. The molecule has 0 aliphatic carbocycles. The molecule has 1 N–H and O–H groups in total. The lowest BCUT2D eigenvalue weighted by Gasteiger charge is -2.26. The highest BCUT2D eigenvalue weighted by Crippen LogP contribution is 2.38. The van der Waals surface area contributed by atoms with Crippen molar-refractivity contribution in [3.63, 3.8) is 0 Å². The highest BCUT2D eigenvalue weighted by Gasteiger charge is 2.21. The maximum Gasteiger partial charge on any atom is 0.119 e. The fourth-order valence-electron chi connectivity index (χ4n) is 3.81. The minimum absolute atomic E-state index is 0.766. The van der Waals surface area contributed by atoms with Crippen LogP contribution in [0.15, 0.2) is 103 Å². The van der Waals surface area contributed by atoms with Crippen LogP contribution < -0.4 is 9.64 Å². The van der Waals surface area contributed by atoms with Crippen LogP contribution in [0.1, 0.15) is 19.4 Å². The molecular formula is C28H27NO2. The van der Waals surface area contributed by atoms with E-state index in [0.29, 0.717) is 0 Å². The number of hydrogen-bond donors (Lipinski definition) is 1. The Morgan fingerprint density at radius 1 is 0.677 bits per heavy atom. The van der Waals surface area contributed by atoms with E-state index in [1.54, 1.807) is 21.0 Å². The molecule has 4 rings (SSSR count). The summed E-state index contributed by atoms with van der Waals surface area (Å²) in [5.74, 6) is 0.766. The minimum atomic E-state index is -0.958. The Kier molecular flexibility index (Phi) is 5.79. The first-order valence-electron chi connectivity index (χ1n) is 10.4. The summed E-state index contributed by atoms with van der Waals surface area (Å²) in [5, 5.41) is 10.7. The van der Waals surface area contributed by atoms with Gasteiger partial charge in [-0.1, -0.05) is 54.6 Å². The summed E-state index contributed by atoms with van der Waals surface area (Å²) < 4.78 is 5.43. The van der Waals surface area contributed by atoms with Gasteiger partial charge < -0.3 is 14.7 Å². The van der Waals surface area contributed by atoms with Crippen LogP contribution in [-0.2, 0) is 5.60 Å². The lowest BCUT2D eigenvalue weighted by molar-refractivity contribution is 0.0791. The van der Waals surface area contributed by atoms with Crippen LogP contribution in [0.3, 0.4) is 0 Å². The van der Waals surface area contributed by atoms with Crippen molar-refractivity contribution in [3.8, 4) is 16.9 Å². The van der Waals surface area contributed by atoms with Crippen molar-refractivity contribution in [2.75, 3.05) is 12.0 Å². The fraction of sp³-hybridized carbons (Fsp3) is 0.143. The zero-order chi connectivity index (χ0) is 21.8. The van der Waals surface area contributed by atoms with Gasteiger partial charge in [0.15, 0.2) is 0 Å². The Balaban J connectivity index is 1.79. The second-order valence-electron chi connectivity index (χ2n) is 8.02. The molecule has 0 fully saturated rings. The van der Waals surface area contributed by atoms with Gasteiger partial charge in [-0.25, -0.2) is 0 Å². The molecule has 31 heavy (non-hydrogen) atoms. The Labute approximate surface area is 184 Å². The van der Waals surface area contributed by atoms with E-state index in [9.17, 15) is 5.11 Å². The zero-order valence-electron chi connectivity index (χ0n) is 18.1. The summed E-state index contributed by atoms with van der Waals surface area (Å²) >= 11 is 0. The van der Waals surface area contributed by atoms with E-state index in [-0.39, 0.29) is 0 Å². The largest absolute Gasteiger partial charge is 0.497 e. The molecule has 0 aliphatic rings. The molecule has 0 atom stereocenters. The standard InChI is InChI=1S/C28H27NO2/c1-28(2,30)27-19-18-25(31-3)20-26(27)21-14-16-24(17-15-21)29(22-10-6-4-7-11-22)23-12-8-5-9-13-23/h4-20,30H,1-3H3. The average molecular weight is 410 g/mol. The third-order valence-corrected chi connectivity index (χ3v) is 5.35. The quantitative estimate of drug-likeness (QED) is 0.370. The zero-order valence-corrected chi connectivity index (χ0v) is 18.1. The lowest BCUT2D eigenvalue weighted by atomic mass is 9.89. The Hall–Kier alpha value is -3.56. The molecule has 0 spiro atoms. The summed E-state index contributed by atoms with van der Waals surface area (Å²) in [6.07, 6.45) is 0. The van der Waals surface area contributed by atoms with Crippen LogP contribution in [-0.4, -0.2) is 12.2 Å². The molecule has 0 amide bonds. The molecule has 156 valence electrons. The molecule has 0 aromatic heterocycles. The predicted molar refractivity (Wildman–Crippen MR) is 128 cm³/mol. The number of benzene rings is 4. The van der Waals surface area contributed by atoms with Crippen LogP contribution in [0.5, 0.6) is 5.75 Å². The lowest BCUT2D eigenvalue weighted by Crippen LogP contribution is -2.16. The average Bonchev–Trinajstić information content (AvgIpc) is 2.80. The molecule has 0 unspecified atom stereocenters. The SMILES string of the molecule is COc1ccc(C(C)(C)O)c(-c2ccc(N(c3ccccc3)c3ccccc3)cc2)c1. The van der Waals surface area contributed by atoms with Crippen LogP contribution in [0.2, 0.25) is 0 Å². The fourth-order valence-corrected chi connectivity index (χ4v) is 3.81. The van der Waals surface area contributed by atoms with Crippen LogP contribution >= 0.6 is 0 Å². The number of methoxy groups -OCH3 is 1. The van der Waals surface area contributed by atoms with Crippen molar-refractivity contribution in [2.24, 2.45) is 0 Å². The van der Waals surface area contributed by atoms with Crippen LogP contribution in [0.25, 0.3) is 11.1 Å². The Morgan fingerprint density at radius 3 is 1.68 bits per heavy atom. The molecule has 4 aromatic carbocycles. The van der Waals surface area contributed by atoms with Crippen molar-refractivity contribution in [1.29, 1.82) is 0 Å². The number of hydrogen-bond acceptors (Lipinski definition) is 3. The van der Waals surface area contributed by atoms with Crippen molar-refractivity contribution in [2.45, 2.75) is 19.4 Å². The van der Waals surface area contributed by atoms with Gasteiger partial charge in [-0.3, -0.25) is 0 Å². The van der Waals surface area contributed by atoms with Gasteiger partial charge in [-0.2, -0.15) is 0 Å². The van der Waals surface area contributed by atoms with Crippen molar-refractivity contribution >= 4 is 17.1 Å². The molecule has 3 heteroatoms. The maximum atomic E-state index is 10.7. The van der Waals surface area contributed by atoms with E-state index in [2.05, 4.69) is 53.4 Å². The summed E-state index contributed by atoms with van der Waals surface area (Å²) in [4.78, 5) is 2.23. The second kappa shape index (κ2) is 8.66. The third-order valence-electron chi connectivity index (χ3n) is 5.35. The highest BCUT2D eigenvalue weighted by molar-refractivity contribution is 5.79. The number of aliphatic hydroxyl groups is 1. The maximum absolute atomic E-state index is 10.7. The normalized spacial score (nSPS) is 11.2. The van der Waals surface area contributed by atoms with Crippen molar-refractivity contribution in [1.82, 2.24) is 0 Å². The van der Waals surface area contributed by atoms with Gasteiger partial charge in [0.2, 0.25) is 0 Å². The van der Waals surface area contributed by atoms with E-state index in [0.717, 1.165) is 39.5 Å². The summed E-state index contributed by atoms with van der Waals surface area (Å²) in [5.41, 5.74) is 5.16. The van der Waals surface area contributed by atoms with Gasteiger partial charge in [0.05, 0.1) is 12.7 Å². The van der Waals surface area contributed by atoms with Gasteiger partial charge in [0.25, 0.3) is 0 Å². The Bertz CT molecular complexity index is 1090. The number of para-hydroxylation sites is 2. The smallest absolute Gasteiger partial charge is 0.119 e. The first-order chi connectivity index (χ1) is 15.0. The third kappa shape index (κ3) is 4.47. The summed E-state index contributed by atoms with van der Waals surface area (Å²) in [7, 11) is 1.66. The number of rotatable bonds is 6. The molecule has 0 radical (unpaired) electrons. The predicted octanol–water partition coefficient (Wildman–Crippen LogP) is 7.06. The van der Waals surface area contributed by atoms with Gasteiger partial charge in [-0.15, -0.1) is 0 Å². The van der Waals surface area contributed by atoms with E-state index in [1.165, 1.54) is 0 Å². The number of nitrogens with zero attached hydrogens (tertiary/aromatic N) is 1. The first kappa shape index (κ1) is 20.7. The molecule has 0 bridgehead atoms. The Morgan fingerprint density at radius 2 is 1.19 bits per heavy atom. The van der Waals surface area contributed by atoms with E-state index in [4.69, 9.17) is 4.74 Å². The van der Waals surface area contributed by atoms with E-state index >= 15 is 0 Å². The van der Waals surface area contributed by atoms with Crippen molar-refractivity contribution in [3.05, 3.63) is 109 Å². The molecule has 4 aromatic rings. The van der Waals surface area contributed by atoms with Crippen molar-refractivity contribution < 1.29 is 9.84 Å². The molecule has 0 saturated heterocycles. The van der Waals surface area contributed by atoms with E-state index in [1.807, 2.05) is 54.6 Å². The van der Waals surface area contributed by atoms with Gasteiger partial charge in [-0.05, 0) is 79.1 Å². The topological polar surface area (TPSA) is 32.7 Å². The summed E-state index contributed by atoms with van der Waals surface area (Å²) in [6.45, 7) is 3.61. The minimum Gasteiger partial charge on any atom is -0.497 e. The number of ether oxygens (including phenoxy) is 1. The van der Waals surface area contributed by atoms with Gasteiger partial charge in [0, 0.05) is 17.1 Å². The summed E-state index contributed by atoms with van der Waals surface area (Å²) in [6, 6.07) is 34.9. The highest BCUT2D eigenvalue weighted by atomic mass is 16.5.